The van der Waals surface area contributed by atoms with E-state index in [4.69, 9.17) is 16.3 Å². The molecule has 11 heteroatoms. The van der Waals surface area contributed by atoms with Crippen molar-refractivity contribution in [2.24, 2.45) is 0 Å². The molecule has 2 fully saturated rings. The maximum Gasteiger partial charge on any atom is 0.266 e. The van der Waals surface area contributed by atoms with Crippen molar-refractivity contribution in [3.63, 3.8) is 0 Å². The minimum atomic E-state index is -4.15. The molecule has 0 radical (unpaired) electrons. The van der Waals surface area contributed by atoms with Crippen molar-refractivity contribution in [3.8, 4) is 5.75 Å². The second-order valence-corrected chi connectivity index (χ2v) is 12.0. The standard InChI is InChI=1S/C24H26ClFN4O3S2/c1-33-18-5-3-16(4-6-18)17-13-24(7-2-9-30(24)14-17)15-28-21-12-20(26)22(11-19(21)25)35(31,32)29-23-27-8-10-34-23/h3-6,8,10-12,17,28H,2,7,9,13-15H2,1H3,(H,27,29). The first-order valence-electron chi connectivity index (χ1n) is 11.3. The number of nitrogens with one attached hydrogen (secondary N) is 2. The second-order valence-electron chi connectivity index (χ2n) is 9.01. The lowest BCUT2D eigenvalue weighted by molar-refractivity contribution is 0.209. The molecule has 2 N–H and O–H groups in total. The van der Waals surface area contributed by atoms with Crippen LogP contribution in [0.15, 0.2) is 52.9 Å². The number of nitrogens with zero attached hydrogens (tertiary/aromatic N) is 2. The lowest BCUT2D eigenvalue weighted by atomic mass is 9.86. The van der Waals surface area contributed by atoms with E-state index in [0.29, 0.717) is 18.2 Å². The highest BCUT2D eigenvalue weighted by atomic mass is 35.5. The van der Waals surface area contributed by atoms with E-state index < -0.39 is 20.7 Å². The number of hydrogen-bond donors (Lipinski definition) is 2. The summed E-state index contributed by atoms with van der Waals surface area (Å²) < 4.78 is 47.7. The van der Waals surface area contributed by atoms with Crippen molar-refractivity contribution >= 4 is 43.8 Å². The van der Waals surface area contributed by atoms with Gasteiger partial charge in [0.1, 0.15) is 16.5 Å². The van der Waals surface area contributed by atoms with Crippen LogP contribution in [0.4, 0.5) is 15.2 Å². The van der Waals surface area contributed by atoms with E-state index in [-0.39, 0.29) is 15.7 Å². The molecule has 35 heavy (non-hydrogen) atoms. The summed E-state index contributed by atoms with van der Waals surface area (Å²) in [6.45, 7) is 2.59. The molecule has 2 saturated heterocycles. The number of halogens is 2. The number of rotatable bonds is 8. The lowest BCUT2D eigenvalue weighted by Gasteiger charge is -2.32. The first-order valence-corrected chi connectivity index (χ1v) is 14.1. The second kappa shape index (κ2) is 9.57. The van der Waals surface area contributed by atoms with Crippen LogP contribution in [0.5, 0.6) is 5.75 Å². The largest absolute Gasteiger partial charge is 0.497 e. The van der Waals surface area contributed by atoms with E-state index in [1.807, 2.05) is 12.1 Å². The Bertz CT molecular complexity index is 1310. The molecule has 0 aliphatic carbocycles. The van der Waals surface area contributed by atoms with Crippen LogP contribution in [0.2, 0.25) is 5.02 Å². The molecule has 7 nitrogen and oxygen atoms in total. The Labute approximate surface area is 213 Å². The minimum absolute atomic E-state index is 0.0540. The smallest absolute Gasteiger partial charge is 0.266 e. The SMILES string of the molecule is COc1ccc(C2CN3CCCC3(CNc3cc(F)c(S(=O)(=O)Nc4nccs4)cc3Cl)C2)cc1. The number of thiazole rings is 1. The van der Waals surface area contributed by atoms with E-state index in [2.05, 4.69) is 32.1 Å². The third kappa shape index (κ3) is 4.84. The average Bonchev–Trinajstić information content (AvgIpc) is 3.55. The van der Waals surface area contributed by atoms with Gasteiger partial charge < -0.3 is 10.1 Å². The van der Waals surface area contributed by atoms with Gasteiger partial charge in [-0.3, -0.25) is 9.62 Å². The van der Waals surface area contributed by atoms with Crippen LogP contribution < -0.4 is 14.8 Å². The van der Waals surface area contributed by atoms with Crippen molar-refractivity contribution in [2.75, 3.05) is 36.8 Å². The van der Waals surface area contributed by atoms with Crippen LogP contribution >= 0.6 is 22.9 Å². The van der Waals surface area contributed by atoms with Crippen molar-refractivity contribution in [2.45, 2.75) is 35.6 Å². The van der Waals surface area contributed by atoms with Gasteiger partial charge in [0.2, 0.25) is 0 Å². The van der Waals surface area contributed by atoms with Crippen LogP contribution in [0.3, 0.4) is 0 Å². The van der Waals surface area contributed by atoms with Crippen molar-refractivity contribution < 1.29 is 17.5 Å². The van der Waals surface area contributed by atoms with Crippen LogP contribution in [0, 0.1) is 5.82 Å². The van der Waals surface area contributed by atoms with Gasteiger partial charge in [-0.1, -0.05) is 23.7 Å². The van der Waals surface area contributed by atoms with Crippen LogP contribution in [0.1, 0.15) is 30.7 Å². The summed E-state index contributed by atoms with van der Waals surface area (Å²) in [4.78, 5) is 5.89. The monoisotopic (exact) mass is 536 g/mol. The molecular weight excluding hydrogens is 511 g/mol. The quantitative estimate of drug-likeness (QED) is 0.413. The third-order valence-corrected chi connectivity index (χ3v) is 9.45. The summed E-state index contributed by atoms with van der Waals surface area (Å²) in [6, 6.07) is 10.5. The van der Waals surface area contributed by atoms with Gasteiger partial charge in [-0.15, -0.1) is 11.3 Å². The average molecular weight is 537 g/mol. The van der Waals surface area contributed by atoms with Gasteiger partial charge in [0.15, 0.2) is 5.13 Å². The van der Waals surface area contributed by atoms with Crippen molar-refractivity contribution in [1.29, 1.82) is 0 Å². The van der Waals surface area contributed by atoms with Gasteiger partial charge in [0.05, 0.1) is 17.8 Å². The predicted octanol–water partition coefficient (Wildman–Crippen LogP) is 5.18. The summed E-state index contributed by atoms with van der Waals surface area (Å²) in [5.74, 6) is 0.372. The van der Waals surface area contributed by atoms with Gasteiger partial charge in [-0.25, -0.2) is 17.8 Å². The van der Waals surface area contributed by atoms with E-state index >= 15 is 0 Å². The van der Waals surface area contributed by atoms with Gasteiger partial charge in [-0.2, -0.15) is 0 Å². The summed E-state index contributed by atoms with van der Waals surface area (Å²) in [5, 5.41) is 5.25. The highest BCUT2D eigenvalue weighted by Crippen LogP contribution is 2.46. The zero-order chi connectivity index (χ0) is 24.6. The normalized spacial score (nSPS) is 22.2. The number of benzene rings is 2. The molecule has 0 spiro atoms. The number of hydrogen-bond acceptors (Lipinski definition) is 7. The molecule has 1 aromatic heterocycles. The fraction of sp³-hybridized carbons (Fsp3) is 0.375. The number of ether oxygens (including phenoxy) is 1. The molecule has 3 heterocycles. The molecule has 2 aliphatic rings. The topological polar surface area (TPSA) is 83.6 Å². The Morgan fingerprint density at radius 2 is 2.11 bits per heavy atom. The molecular formula is C24H26ClFN4O3S2. The van der Waals surface area contributed by atoms with E-state index in [9.17, 15) is 12.8 Å². The number of methoxy groups -OCH3 is 1. The summed E-state index contributed by atoms with van der Waals surface area (Å²) in [6.07, 6.45) is 4.60. The van der Waals surface area contributed by atoms with E-state index in [0.717, 1.165) is 61.6 Å². The zero-order valence-corrected chi connectivity index (χ0v) is 21.5. The van der Waals surface area contributed by atoms with Gasteiger partial charge >= 0.3 is 0 Å². The molecule has 2 aliphatic heterocycles. The Morgan fingerprint density at radius 3 is 2.83 bits per heavy atom. The Hall–Kier alpha value is -2.40. The molecule has 2 atom stereocenters. The van der Waals surface area contributed by atoms with Gasteiger partial charge in [-0.05, 0) is 61.6 Å². The summed E-state index contributed by atoms with van der Waals surface area (Å²) >= 11 is 7.52. The Balaban J connectivity index is 1.31. The summed E-state index contributed by atoms with van der Waals surface area (Å²) in [5.41, 5.74) is 1.61. The van der Waals surface area contributed by atoms with Crippen LogP contribution in [0.25, 0.3) is 0 Å². The summed E-state index contributed by atoms with van der Waals surface area (Å²) in [7, 11) is -2.49. The molecule has 2 unspecified atom stereocenters. The van der Waals surface area contributed by atoms with Crippen molar-refractivity contribution in [3.05, 3.63) is 64.4 Å². The molecule has 0 bridgehead atoms. The van der Waals surface area contributed by atoms with Gasteiger partial charge in [0.25, 0.3) is 10.0 Å². The number of anilines is 2. The fourth-order valence-electron chi connectivity index (χ4n) is 5.24. The van der Waals surface area contributed by atoms with Crippen molar-refractivity contribution in [1.82, 2.24) is 9.88 Å². The molecule has 2 aromatic carbocycles. The minimum Gasteiger partial charge on any atom is -0.497 e. The molecule has 0 amide bonds. The number of aromatic nitrogens is 1. The molecule has 3 aromatic rings. The predicted molar refractivity (Wildman–Crippen MR) is 137 cm³/mol. The highest BCUT2D eigenvalue weighted by Gasteiger charge is 2.48. The number of sulfonamides is 1. The highest BCUT2D eigenvalue weighted by molar-refractivity contribution is 7.93. The van der Waals surface area contributed by atoms with E-state index in [1.54, 1.807) is 12.5 Å². The van der Waals surface area contributed by atoms with Crippen LogP contribution in [-0.2, 0) is 10.0 Å². The fourth-order valence-corrected chi connectivity index (χ4v) is 7.42. The third-order valence-electron chi connectivity index (χ3n) is 6.97. The Kier molecular flexibility index (Phi) is 6.65. The van der Waals surface area contributed by atoms with Crippen LogP contribution in [-0.4, -0.2) is 50.6 Å². The zero-order valence-electron chi connectivity index (χ0n) is 19.1. The molecule has 186 valence electrons. The first kappa shape index (κ1) is 24.3. The maximum absolute atomic E-state index is 14.9. The maximum atomic E-state index is 14.9. The molecule has 0 saturated carbocycles. The van der Waals surface area contributed by atoms with E-state index in [1.165, 1.54) is 11.8 Å². The lowest BCUT2D eigenvalue weighted by Crippen LogP contribution is -2.44. The van der Waals surface area contributed by atoms with Gasteiger partial charge in [0, 0.05) is 30.2 Å². The number of fused-ring (bicyclic) bond motifs is 1. The Morgan fingerprint density at radius 1 is 1.31 bits per heavy atom. The first-order chi connectivity index (χ1) is 16.8. The molecule has 5 rings (SSSR count).